The van der Waals surface area contributed by atoms with Crippen molar-refractivity contribution in [3.05, 3.63) is 28.8 Å². The fourth-order valence-corrected chi connectivity index (χ4v) is 2.08. The number of aryl methyl sites for hydroxylation is 1. The molecule has 0 heterocycles. The van der Waals surface area contributed by atoms with E-state index in [-0.39, 0.29) is 12.5 Å². The Bertz CT molecular complexity index is 569. The number of amides is 1. The Kier molecular flexibility index (Phi) is 4.42. The second kappa shape index (κ2) is 5.93. The number of ether oxygens (including phenoxy) is 1. The highest BCUT2D eigenvalue weighted by Crippen LogP contribution is 2.45. The van der Waals surface area contributed by atoms with Crippen LogP contribution in [0.4, 0.5) is 0 Å². The largest absolute Gasteiger partial charge is 0.481 e. The molecular formula is C15H18ClNO4. The highest BCUT2D eigenvalue weighted by atomic mass is 35.5. The summed E-state index contributed by atoms with van der Waals surface area (Å²) in [5, 5.41) is 12.3. The molecule has 5 nitrogen and oxygen atoms in total. The molecule has 0 aliphatic heterocycles. The van der Waals surface area contributed by atoms with Crippen molar-refractivity contribution in [1.29, 1.82) is 0 Å². The summed E-state index contributed by atoms with van der Waals surface area (Å²) in [5.41, 5.74) is 0.0938. The molecule has 1 amide bonds. The van der Waals surface area contributed by atoms with Crippen LogP contribution in [-0.2, 0) is 9.59 Å². The minimum Gasteiger partial charge on any atom is -0.481 e. The van der Waals surface area contributed by atoms with E-state index in [4.69, 9.17) is 21.4 Å². The van der Waals surface area contributed by atoms with E-state index in [0.717, 1.165) is 5.56 Å². The molecule has 1 aliphatic carbocycles. The van der Waals surface area contributed by atoms with Crippen LogP contribution in [0.2, 0.25) is 5.02 Å². The Balaban J connectivity index is 1.87. The molecule has 0 saturated heterocycles. The van der Waals surface area contributed by atoms with E-state index in [2.05, 4.69) is 5.32 Å². The Morgan fingerprint density at radius 1 is 1.48 bits per heavy atom. The molecule has 2 rings (SSSR count). The van der Waals surface area contributed by atoms with Crippen molar-refractivity contribution in [2.24, 2.45) is 5.41 Å². The van der Waals surface area contributed by atoms with Crippen molar-refractivity contribution < 1.29 is 19.4 Å². The molecule has 0 bridgehead atoms. The molecule has 1 saturated carbocycles. The lowest BCUT2D eigenvalue weighted by molar-refractivity contribution is -0.143. The Morgan fingerprint density at radius 3 is 2.67 bits per heavy atom. The Labute approximate surface area is 128 Å². The molecule has 1 aromatic carbocycles. The first-order chi connectivity index (χ1) is 9.84. The van der Waals surface area contributed by atoms with Crippen LogP contribution in [0.3, 0.4) is 0 Å². The Hall–Kier alpha value is -1.75. The summed E-state index contributed by atoms with van der Waals surface area (Å²) in [5.74, 6) is -0.626. The van der Waals surface area contributed by atoms with E-state index in [0.29, 0.717) is 23.6 Å². The third kappa shape index (κ3) is 3.67. The van der Waals surface area contributed by atoms with Gasteiger partial charge in [0, 0.05) is 11.6 Å². The van der Waals surface area contributed by atoms with Gasteiger partial charge in [0.25, 0.3) is 5.91 Å². The molecule has 0 radical (unpaired) electrons. The van der Waals surface area contributed by atoms with Gasteiger partial charge >= 0.3 is 5.97 Å². The molecular weight excluding hydrogens is 294 g/mol. The average Bonchev–Trinajstić information content (AvgIpc) is 3.21. The lowest BCUT2D eigenvalue weighted by Crippen LogP contribution is -2.41. The minimum absolute atomic E-state index is 0.147. The standard InChI is InChI=1S/C15H18ClNO4/c1-9-7-11(3-4-12(9)16)21-10(2)13(18)17-8-15(5-6-15)14(19)20/h3-4,7,10H,5-6,8H2,1-2H3,(H,17,18)(H,19,20). The van der Waals surface area contributed by atoms with Crippen molar-refractivity contribution in [2.45, 2.75) is 32.8 Å². The van der Waals surface area contributed by atoms with Crippen LogP contribution in [0, 0.1) is 12.3 Å². The summed E-state index contributed by atoms with van der Waals surface area (Å²) in [6.45, 7) is 3.62. The number of carbonyl (C=O) groups excluding carboxylic acids is 1. The zero-order chi connectivity index (χ0) is 15.6. The van der Waals surface area contributed by atoms with Gasteiger partial charge in [-0.05, 0) is 50.5 Å². The first-order valence-corrected chi connectivity index (χ1v) is 7.16. The summed E-state index contributed by atoms with van der Waals surface area (Å²) in [7, 11) is 0. The van der Waals surface area contributed by atoms with Crippen LogP contribution in [0.5, 0.6) is 5.75 Å². The SMILES string of the molecule is Cc1cc(OC(C)C(=O)NCC2(C(=O)O)CC2)ccc1Cl. The average molecular weight is 312 g/mol. The zero-order valence-corrected chi connectivity index (χ0v) is 12.7. The predicted molar refractivity (Wildman–Crippen MR) is 78.6 cm³/mol. The van der Waals surface area contributed by atoms with E-state index in [1.165, 1.54) is 0 Å². The molecule has 21 heavy (non-hydrogen) atoms. The lowest BCUT2D eigenvalue weighted by Gasteiger charge is -2.17. The molecule has 1 unspecified atom stereocenters. The van der Waals surface area contributed by atoms with Crippen LogP contribution < -0.4 is 10.1 Å². The van der Waals surface area contributed by atoms with Crippen LogP contribution in [-0.4, -0.2) is 29.6 Å². The van der Waals surface area contributed by atoms with Gasteiger partial charge in [-0.25, -0.2) is 0 Å². The molecule has 114 valence electrons. The highest BCUT2D eigenvalue weighted by Gasteiger charge is 2.50. The van der Waals surface area contributed by atoms with E-state index in [1.807, 2.05) is 6.92 Å². The number of carboxylic acids is 1. The third-order valence-electron chi connectivity index (χ3n) is 3.72. The Morgan fingerprint density at radius 2 is 2.14 bits per heavy atom. The maximum Gasteiger partial charge on any atom is 0.311 e. The topological polar surface area (TPSA) is 75.6 Å². The third-order valence-corrected chi connectivity index (χ3v) is 4.14. The fraction of sp³-hybridized carbons (Fsp3) is 0.467. The normalized spacial score (nSPS) is 16.9. The van der Waals surface area contributed by atoms with Crippen LogP contribution in [0.15, 0.2) is 18.2 Å². The van der Waals surface area contributed by atoms with Gasteiger partial charge in [-0.15, -0.1) is 0 Å². The van der Waals surface area contributed by atoms with Gasteiger partial charge in [0.1, 0.15) is 5.75 Å². The summed E-state index contributed by atoms with van der Waals surface area (Å²) in [4.78, 5) is 23.0. The number of nitrogens with one attached hydrogen (secondary N) is 1. The van der Waals surface area contributed by atoms with Crippen molar-refractivity contribution >= 4 is 23.5 Å². The number of aliphatic carboxylic acids is 1. The van der Waals surface area contributed by atoms with Gasteiger partial charge < -0.3 is 15.2 Å². The van der Waals surface area contributed by atoms with Gasteiger partial charge in [-0.3, -0.25) is 9.59 Å². The molecule has 0 spiro atoms. The quantitative estimate of drug-likeness (QED) is 0.846. The summed E-state index contributed by atoms with van der Waals surface area (Å²) < 4.78 is 5.54. The van der Waals surface area contributed by atoms with Crippen molar-refractivity contribution in [3.8, 4) is 5.75 Å². The number of halogens is 1. The molecule has 1 aliphatic rings. The smallest absolute Gasteiger partial charge is 0.311 e. The van der Waals surface area contributed by atoms with E-state index >= 15 is 0 Å². The van der Waals surface area contributed by atoms with Gasteiger partial charge in [0.15, 0.2) is 6.10 Å². The number of hydrogen-bond acceptors (Lipinski definition) is 3. The summed E-state index contributed by atoms with van der Waals surface area (Å²) in [6.07, 6.45) is 0.512. The molecule has 6 heteroatoms. The number of benzene rings is 1. The molecule has 1 atom stereocenters. The van der Waals surface area contributed by atoms with Gasteiger partial charge in [-0.2, -0.15) is 0 Å². The van der Waals surface area contributed by atoms with Crippen LogP contribution >= 0.6 is 11.6 Å². The van der Waals surface area contributed by atoms with Crippen molar-refractivity contribution in [1.82, 2.24) is 5.32 Å². The minimum atomic E-state index is -0.857. The van der Waals surface area contributed by atoms with Crippen molar-refractivity contribution in [2.75, 3.05) is 6.54 Å². The van der Waals surface area contributed by atoms with Crippen molar-refractivity contribution in [3.63, 3.8) is 0 Å². The van der Waals surface area contributed by atoms with Gasteiger partial charge in [0.2, 0.25) is 0 Å². The van der Waals surface area contributed by atoms with Gasteiger partial charge in [0.05, 0.1) is 5.41 Å². The number of hydrogen-bond donors (Lipinski definition) is 2. The molecule has 2 N–H and O–H groups in total. The second-order valence-corrected chi connectivity index (χ2v) is 5.88. The van der Waals surface area contributed by atoms with E-state index in [1.54, 1.807) is 25.1 Å². The molecule has 1 aromatic rings. The zero-order valence-electron chi connectivity index (χ0n) is 12.0. The van der Waals surface area contributed by atoms with E-state index < -0.39 is 17.5 Å². The first kappa shape index (κ1) is 15.6. The predicted octanol–water partition coefficient (Wildman–Crippen LogP) is 2.40. The molecule has 1 fully saturated rings. The maximum atomic E-state index is 11.9. The number of rotatable bonds is 6. The molecule has 0 aromatic heterocycles. The second-order valence-electron chi connectivity index (χ2n) is 5.47. The first-order valence-electron chi connectivity index (χ1n) is 6.78. The summed E-state index contributed by atoms with van der Waals surface area (Å²) in [6, 6.07) is 5.16. The summed E-state index contributed by atoms with van der Waals surface area (Å²) >= 11 is 5.93. The van der Waals surface area contributed by atoms with E-state index in [9.17, 15) is 9.59 Å². The highest BCUT2D eigenvalue weighted by molar-refractivity contribution is 6.31. The van der Waals surface area contributed by atoms with Gasteiger partial charge in [-0.1, -0.05) is 11.6 Å². The number of carbonyl (C=O) groups is 2. The van der Waals surface area contributed by atoms with Crippen LogP contribution in [0.1, 0.15) is 25.3 Å². The fourth-order valence-electron chi connectivity index (χ4n) is 1.97. The monoisotopic (exact) mass is 311 g/mol. The lowest BCUT2D eigenvalue weighted by atomic mass is 10.1. The number of carboxylic acid groups (broad SMARTS) is 1. The van der Waals surface area contributed by atoms with Crippen LogP contribution in [0.25, 0.3) is 0 Å². The maximum absolute atomic E-state index is 11.9.